The molecule has 1 N–H and O–H groups in total. The predicted octanol–water partition coefficient (Wildman–Crippen LogP) is 1.83. The van der Waals surface area contributed by atoms with Gasteiger partial charge >= 0.3 is 0 Å². The molecule has 0 fully saturated rings. The molecule has 0 aliphatic carbocycles. The van der Waals surface area contributed by atoms with Gasteiger partial charge in [0.15, 0.2) is 0 Å². The van der Waals surface area contributed by atoms with Gasteiger partial charge in [-0.3, -0.25) is 0 Å². The number of nitrogens with one attached hydrogen (secondary N) is 1. The molecule has 0 heterocycles. The lowest BCUT2D eigenvalue weighted by atomic mass is 10.3. The Morgan fingerprint density at radius 1 is 1.67 bits per heavy atom. The smallest absolute Gasteiger partial charge is 0.00478 e. The lowest BCUT2D eigenvalue weighted by Gasteiger charge is -1.80. The van der Waals surface area contributed by atoms with Gasteiger partial charge in [0.25, 0.3) is 0 Å². The average molecular weight is 85.1 g/mol. The normalized spacial score (nSPS) is 8.17. The molecule has 0 aliphatic rings. The molecule has 0 rings (SSSR count). The summed E-state index contributed by atoms with van der Waals surface area (Å²) in [6.07, 6.45) is 4.79. The minimum Gasteiger partial charge on any atom is -0.313 e. The van der Waals surface area contributed by atoms with Crippen molar-refractivity contribution in [2.45, 2.75) is 26.2 Å². The van der Waals surface area contributed by atoms with Crippen LogP contribution in [0.4, 0.5) is 0 Å². The first kappa shape index (κ1) is 5.67. The third kappa shape index (κ3) is 3.67. The topological polar surface area (TPSA) is 23.9 Å². The van der Waals surface area contributed by atoms with Crippen LogP contribution in [0.25, 0.3) is 0 Å². The van der Waals surface area contributed by atoms with Gasteiger partial charge in [0, 0.05) is 0 Å². The van der Waals surface area contributed by atoms with E-state index in [9.17, 15) is 0 Å². The zero-order valence-electron chi connectivity index (χ0n) is 4.20. The molecule has 0 radical (unpaired) electrons. The maximum atomic E-state index is 6.58. The molecule has 0 spiro atoms. The molecule has 1 nitrogen and oxygen atoms in total. The third-order valence-electron chi connectivity index (χ3n) is 0.702. The van der Waals surface area contributed by atoms with E-state index in [4.69, 9.17) is 5.41 Å². The zero-order chi connectivity index (χ0) is 4.83. The van der Waals surface area contributed by atoms with E-state index in [0.29, 0.717) is 0 Å². The SMILES string of the molecule is CCCCC=N. The second-order valence-corrected chi connectivity index (χ2v) is 1.35. The summed E-state index contributed by atoms with van der Waals surface area (Å²) in [5.74, 6) is 0. The Hall–Kier alpha value is -0.330. The maximum Gasteiger partial charge on any atom is -0.00478 e. The van der Waals surface area contributed by atoms with Crippen LogP contribution in [0, 0.1) is 5.41 Å². The van der Waals surface area contributed by atoms with Crippen molar-refractivity contribution < 1.29 is 0 Å². The molecule has 0 aromatic carbocycles. The van der Waals surface area contributed by atoms with Gasteiger partial charge in [0.2, 0.25) is 0 Å². The molecule has 6 heavy (non-hydrogen) atoms. The summed E-state index contributed by atoms with van der Waals surface area (Å²) in [5, 5.41) is 6.58. The molecule has 36 valence electrons. The van der Waals surface area contributed by atoms with Crippen LogP contribution >= 0.6 is 0 Å². The van der Waals surface area contributed by atoms with E-state index in [0.717, 1.165) is 6.42 Å². The van der Waals surface area contributed by atoms with Gasteiger partial charge in [0.1, 0.15) is 0 Å². The Bertz CT molecular complexity index is 32.9. The molecule has 0 aromatic heterocycles. The second kappa shape index (κ2) is 4.67. The summed E-state index contributed by atoms with van der Waals surface area (Å²) in [6, 6.07) is 0. The molecule has 0 atom stereocenters. The summed E-state index contributed by atoms with van der Waals surface area (Å²) in [5.41, 5.74) is 0. The van der Waals surface area contributed by atoms with Gasteiger partial charge in [0.05, 0.1) is 0 Å². The fraction of sp³-hybridized carbons (Fsp3) is 0.800. The van der Waals surface area contributed by atoms with Gasteiger partial charge < -0.3 is 5.41 Å². The second-order valence-electron chi connectivity index (χ2n) is 1.35. The van der Waals surface area contributed by atoms with Crippen LogP contribution in [0.3, 0.4) is 0 Å². The van der Waals surface area contributed by atoms with Crippen molar-refractivity contribution in [3.63, 3.8) is 0 Å². The van der Waals surface area contributed by atoms with Crippen molar-refractivity contribution in [1.29, 1.82) is 5.41 Å². The van der Waals surface area contributed by atoms with Crippen LogP contribution in [-0.2, 0) is 0 Å². The van der Waals surface area contributed by atoms with E-state index in [1.165, 1.54) is 19.1 Å². The summed E-state index contributed by atoms with van der Waals surface area (Å²) in [4.78, 5) is 0. The van der Waals surface area contributed by atoms with E-state index in [-0.39, 0.29) is 0 Å². The Balaban J connectivity index is 2.49. The molecule has 0 unspecified atom stereocenters. The Labute approximate surface area is 38.9 Å². The predicted molar refractivity (Wildman–Crippen MR) is 28.3 cm³/mol. The molecule has 0 bridgehead atoms. The van der Waals surface area contributed by atoms with Crippen LogP contribution in [0.15, 0.2) is 0 Å². The molecule has 0 saturated heterocycles. The highest BCUT2D eigenvalue weighted by Crippen LogP contribution is 1.87. The van der Waals surface area contributed by atoms with Crippen molar-refractivity contribution in [3.8, 4) is 0 Å². The minimum atomic E-state index is 0.955. The minimum absolute atomic E-state index is 0.955. The fourth-order valence-electron chi connectivity index (χ4n) is 0.306. The Morgan fingerprint density at radius 2 is 2.33 bits per heavy atom. The van der Waals surface area contributed by atoms with Crippen molar-refractivity contribution in [3.05, 3.63) is 0 Å². The highest BCUT2D eigenvalue weighted by atomic mass is 14.3. The van der Waals surface area contributed by atoms with Crippen LogP contribution in [0.2, 0.25) is 0 Å². The number of hydrogen-bond donors (Lipinski definition) is 1. The summed E-state index contributed by atoms with van der Waals surface area (Å²) in [6.45, 7) is 2.13. The van der Waals surface area contributed by atoms with E-state index >= 15 is 0 Å². The van der Waals surface area contributed by atoms with Gasteiger partial charge in [-0.2, -0.15) is 0 Å². The van der Waals surface area contributed by atoms with Gasteiger partial charge in [-0.1, -0.05) is 13.3 Å². The van der Waals surface area contributed by atoms with E-state index in [2.05, 4.69) is 6.92 Å². The third-order valence-corrected chi connectivity index (χ3v) is 0.702. The average Bonchev–Trinajstić information content (AvgIpc) is 1.61. The van der Waals surface area contributed by atoms with Crippen molar-refractivity contribution in [2.24, 2.45) is 0 Å². The monoisotopic (exact) mass is 85.1 g/mol. The first-order valence-corrected chi connectivity index (χ1v) is 2.40. The van der Waals surface area contributed by atoms with Crippen molar-refractivity contribution in [1.82, 2.24) is 0 Å². The number of unbranched alkanes of at least 4 members (excludes halogenated alkanes) is 2. The Morgan fingerprint density at radius 3 is 2.50 bits per heavy atom. The lowest BCUT2D eigenvalue weighted by molar-refractivity contribution is 0.841. The maximum absolute atomic E-state index is 6.58. The number of rotatable bonds is 3. The van der Waals surface area contributed by atoms with Crippen LogP contribution in [0.1, 0.15) is 26.2 Å². The van der Waals surface area contributed by atoms with Crippen molar-refractivity contribution >= 4 is 6.21 Å². The van der Waals surface area contributed by atoms with Crippen molar-refractivity contribution in [2.75, 3.05) is 0 Å². The molecule has 1 heteroatoms. The van der Waals surface area contributed by atoms with E-state index < -0.39 is 0 Å². The standard InChI is InChI=1S/C5H11N/c1-2-3-4-5-6/h5-6H,2-4H2,1H3. The highest BCUT2D eigenvalue weighted by molar-refractivity contribution is 5.52. The summed E-state index contributed by atoms with van der Waals surface area (Å²) < 4.78 is 0. The largest absolute Gasteiger partial charge is 0.313 e. The highest BCUT2D eigenvalue weighted by Gasteiger charge is 1.72. The Kier molecular flexibility index (Phi) is 4.41. The zero-order valence-corrected chi connectivity index (χ0v) is 4.20. The van der Waals surface area contributed by atoms with Gasteiger partial charge in [-0.15, -0.1) is 0 Å². The number of hydrogen-bond acceptors (Lipinski definition) is 1. The van der Waals surface area contributed by atoms with Crippen LogP contribution < -0.4 is 0 Å². The quantitative estimate of drug-likeness (QED) is 0.399. The molecular weight excluding hydrogens is 74.1 g/mol. The van der Waals surface area contributed by atoms with Crippen LogP contribution in [-0.4, -0.2) is 6.21 Å². The first-order valence-electron chi connectivity index (χ1n) is 2.40. The van der Waals surface area contributed by atoms with Crippen LogP contribution in [0.5, 0.6) is 0 Å². The molecule has 0 aromatic rings. The molecule has 0 aliphatic heterocycles. The fourth-order valence-corrected chi connectivity index (χ4v) is 0.306. The molecular formula is C5H11N. The van der Waals surface area contributed by atoms with Gasteiger partial charge in [-0.05, 0) is 19.1 Å². The molecule has 0 saturated carbocycles. The lowest BCUT2D eigenvalue weighted by Crippen LogP contribution is -1.69. The van der Waals surface area contributed by atoms with E-state index in [1.54, 1.807) is 0 Å². The van der Waals surface area contributed by atoms with E-state index in [1.807, 2.05) is 0 Å². The molecule has 0 amide bonds. The summed E-state index contributed by atoms with van der Waals surface area (Å²) in [7, 11) is 0. The summed E-state index contributed by atoms with van der Waals surface area (Å²) >= 11 is 0. The first-order chi connectivity index (χ1) is 2.91. The van der Waals surface area contributed by atoms with Gasteiger partial charge in [-0.25, -0.2) is 0 Å².